The molecule has 0 aromatic heterocycles. The summed E-state index contributed by atoms with van der Waals surface area (Å²) in [4.78, 5) is 2.27. The van der Waals surface area contributed by atoms with E-state index < -0.39 is 0 Å². The fourth-order valence-corrected chi connectivity index (χ4v) is 7.53. The van der Waals surface area contributed by atoms with E-state index in [9.17, 15) is 0 Å². The van der Waals surface area contributed by atoms with Gasteiger partial charge in [-0.15, -0.1) is 0 Å². The molecule has 9 aromatic carbocycles. The monoisotopic (exact) mass is 705 g/mol. The van der Waals surface area contributed by atoms with Gasteiger partial charge >= 0.3 is 0 Å². The van der Waals surface area contributed by atoms with E-state index in [1.807, 2.05) is 36.4 Å². The van der Waals surface area contributed by atoms with Crippen molar-refractivity contribution in [3.63, 3.8) is 0 Å². The quantitative estimate of drug-likeness (QED) is 0.165. The molecule has 260 valence electrons. The van der Waals surface area contributed by atoms with Crippen molar-refractivity contribution in [3.8, 4) is 67.5 Å². The number of rotatable bonds is 7. The third kappa shape index (κ3) is 6.28. The molecule has 3 nitrogen and oxygen atoms in total. The molecular formula is C52H35NO2. The first-order valence-corrected chi connectivity index (χ1v) is 18.6. The van der Waals surface area contributed by atoms with Gasteiger partial charge in [0, 0.05) is 17.4 Å². The summed E-state index contributed by atoms with van der Waals surface area (Å²) in [5, 5.41) is 2.05. The van der Waals surface area contributed by atoms with Crippen molar-refractivity contribution < 1.29 is 9.47 Å². The van der Waals surface area contributed by atoms with E-state index in [4.69, 9.17) is 9.47 Å². The molecular weight excluding hydrogens is 671 g/mol. The molecule has 0 N–H and O–H groups in total. The second-order valence-electron chi connectivity index (χ2n) is 13.8. The summed E-state index contributed by atoms with van der Waals surface area (Å²) in [5.41, 5.74) is 12.5. The molecule has 0 saturated heterocycles. The highest BCUT2D eigenvalue weighted by Gasteiger charge is 2.21. The molecule has 1 aliphatic heterocycles. The standard InChI is InChI=1S/C52H35NO2/c1-3-10-36(11-4-1)38-20-22-39(23-21-38)40-24-28-45(29-25-40)53(46-30-26-41(27-31-46)44-17-7-16-43(34-44)37-12-5-2-6-13-37)47-32-33-48-51(35-47)55-50-19-9-15-42-14-8-18-49(54-48)52(42)50/h1-35H. The zero-order valence-electron chi connectivity index (χ0n) is 30.0. The van der Waals surface area contributed by atoms with E-state index in [1.165, 1.54) is 33.4 Å². The molecule has 0 spiro atoms. The molecule has 0 amide bonds. The molecule has 0 atom stereocenters. The fraction of sp³-hybridized carbons (Fsp3) is 0. The van der Waals surface area contributed by atoms with Gasteiger partial charge in [-0.05, 0) is 104 Å². The molecule has 10 rings (SSSR count). The van der Waals surface area contributed by atoms with Crippen LogP contribution in [0.15, 0.2) is 212 Å². The molecule has 0 radical (unpaired) electrons. The van der Waals surface area contributed by atoms with Crippen LogP contribution in [-0.4, -0.2) is 0 Å². The van der Waals surface area contributed by atoms with Crippen LogP contribution in [0.4, 0.5) is 17.1 Å². The van der Waals surface area contributed by atoms with Gasteiger partial charge in [-0.1, -0.05) is 152 Å². The van der Waals surface area contributed by atoms with Crippen LogP contribution >= 0.6 is 0 Å². The second kappa shape index (κ2) is 13.9. The minimum Gasteiger partial charge on any atom is -0.453 e. The lowest BCUT2D eigenvalue weighted by atomic mass is 9.98. The molecule has 9 aromatic rings. The number of hydrogen-bond acceptors (Lipinski definition) is 3. The van der Waals surface area contributed by atoms with Gasteiger partial charge in [-0.25, -0.2) is 0 Å². The molecule has 1 heterocycles. The smallest absolute Gasteiger partial charge is 0.172 e. The Labute approximate surface area is 320 Å². The maximum Gasteiger partial charge on any atom is 0.172 e. The zero-order valence-corrected chi connectivity index (χ0v) is 30.0. The van der Waals surface area contributed by atoms with E-state index >= 15 is 0 Å². The summed E-state index contributed by atoms with van der Waals surface area (Å²) < 4.78 is 13.1. The highest BCUT2D eigenvalue weighted by Crippen LogP contribution is 2.48. The van der Waals surface area contributed by atoms with Crippen LogP contribution in [0.5, 0.6) is 23.0 Å². The number of anilines is 3. The van der Waals surface area contributed by atoms with Gasteiger partial charge in [-0.3, -0.25) is 0 Å². The average Bonchev–Trinajstić information content (AvgIpc) is 3.42. The van der Waals surface area contributed by atoms with Crippen molar-refractivity contribution in [2.24, 2.45) is 0 Å². The Morgan fingerprint density at radius 2 is 0.655 bits per heavy atom. The van der Waals surface area contributed by atoms with E-state index in [2.05, 4.69) is 181 Å². The number of benzene rings is 9. The summed E-state index contributed by atoms with van der Waals surface area (Å²) in [7, 11) is 0. The Balaban J connectivity index is 1.02. The Hall–Kier alpha value is -7.36. The topological polar surface area (TPSA) is 21.7 Å². The average molecular weight is 706 g/mol. The summed E-state index contributed by atoms with van der Waals surface area (Å²) >= 11 is 0. The predicted molar refractivity (Wildman–Crippen MR) is 227 cm³/mol. The summed E-state index contributed by atoms with van der Waals surface area (Å²) in [6, 6.07) is 74.5. The normalized spacial score (nSPS) is 11.6. The van der Waals surface area contributed by atoms with Gasteiger partial charge in [0.15, 0.2) is 11.5 Å². The molecule has 0 unspecified atom stereocenters. The van der Waals surface area contributed by atoms with Crippen molar-refractivity contribution >= 4 is 27.8 Å². The van der Waals surface area contributed by atoms with Gasteiger partial charge in [0.25, 0.3) is 0 Å². The first kappa shape index (κ1) is 32.3. The first-order valence-electron chi connectivity index (χ1n) is 18.6. The third-order valence-electron chi connectivity index (χ3n) is 10.3. The lowest BCUT2D eigenvalue weighted by Gasteiger charge is -2.26. The second-order valence-corrected chi connectivity index (χ2v) is 13.8. The number of fused-ring (bicyclic) bond motifs is 1. The van der Waals surface area contributed by atoms with E-state index in [0.29, 0.717) is 11.5 Å². The van der Waals surface area contributed by atoms with Crippen LogP contribution in [0, 0.1) is 0 Å². The largest absolute Gasteiger partial charge is 0.453 e. The van der Waals surface area contributed by atoms with E-state index in [-0.39, 0.29) is 0 Å². The van der Waals surface area contributed by atoms with Gasteiger partial charge in [0.2, 0.25) is 0 Å². The van der Waals surface area contributed by atoms with E-state index in [1.54, 1.807) is 0 Å². The van der Waals surface area contributed by atoms with Crippen LogP contribution < -0.4 is 14.4 Å². The van der Waals surface area contributed by atoms with Crippen molar-refractivity contribution in [1.29, 1.82) is 0 Å². The number of hydrogen-bond donors (Lipinski definition) is 0. The van der Waals surface area contributed by atoms with E-state index in [0.717, 1.165) is 50.5 Å². The Kier molecular flexibility index (Phi) is 8.16. The van der Waals surface area contributed by atoms with Crippen LogP contribution in [0.1, 0.15) is 0 Å². The van der Waals surface area contributed by atoms with Crippen LogP contribution in [0.25, 0.3) is 55.3 Å². The SMILES string of the molecule is c1ccc(-c2ccc(-c3ccc(N(c4ccc(-c5cccc(-c6ccccc6)c5)cc4)c4ccc5c(c4)Oc4cccc6cccc(c46)O5)cc3)cc2)cc1. The summed E-state index contributed by atoms with van der Waals surface area (Å²) in [5.74, 6) is 2.90. The fourth-order valence-electron chi connectivity index (χ4n) is 7.53. The maximum absolute atomic E-state index is 6.63. The van der Waals surface area contributed by atoms with Crippen molar-refractivity contribution in [2.75, 3.05) is 4.90 Å². The Morgan fingerprint density at radius 3 is 1.20 bits per heavy atom. The molecule has 3 heteroatoms. The molecule has 55 heavy (non-hydrogen) atoms. The minimum absolute atomic E-state index is 0.663. The van der Waals surface area contributed by atoms with Crippen molar-refractivity contribution in [1.82, 2.24) is 0 Å². The minimum atomic E-state index is 0.663. The van der Waals surface area contributed by atoms with Gasteiger partial charge < -0.3 is 14.4 Å². The summed E-state index contributed by atoms with van der Waals surface area (Å²) in [6.07, 6.45) is 0. The molecule has 0 fully saturated rings. The van der Waals surface area contributed by atoms with Gasteiger partial charge in [0.1, 0.15) is 11.5 Å². The zero-order chi connectivity index (χ0) is 36.6. The lowest BCUT2D eigenvalue weighted by molar-refractivity contribution is 0.439. The lowest BCUT2D eigenvalue weighted by Crippen LogP contribution is -2.10. The Bertz CT molecular complexity index is 2770. The highest BCUT2D eigenvalue weighted by atomic mass is 16.5. The molecule has 0 saturated carbocycles. The highest BCUT2D eigenvalue weighted by molar-refractivity contribution is 5.95. The Morgan fingerprint density at radius 1 is 0.255 bits per heavy atom. The van der Waals surface area contributed by atoms with Crippen LogP contribution in [-0.2, 0) is 0 Å². The molecule has 0 aliphatic carbocycles. The van der Waals surface area contributed by atoms with Crippen LogP contribution in [0.3, 0.4) is 0 Å². The first-order chi connectivity index (χ1) is 27.2. The predicted octanol–water partition coefficient (Wildman–Crippen LogP) is 14.9. The summed E-state index contributed by atoms with van der Waals surface area (Å²) in [6.45, 7) is 0. The van der Waals surface area contributed by atoms with Gasteiger partial charge in [-0.2, -0.15) is 0 Å². The molecule has 0 bridgehead atoms. The molecule has 1 aliphatic rings. The number of ether oxygens (including phenoxy) is 2. The van der Waals surface area contributed by atoms with Gasteiger partial charge in [0.05, 0.1) is 11.1 Å². The van der Waals surface area contributed by atoms with Crippen LogP contribution in [0.2, 0.25) is 0 Å². The van der Waals surface area contributed by atoms with Crippen molar-refractivity contribution in [2.45, 2.75) is 0 Å². The van der Waals surface area contributed by atoms with Crippen molar-refractivity contribution in [3.05, 3.63) is 212 Å². The maximum atomic E-state index is 6.63. The number of nitrogens with zero attached hydrogens (tertiary/aromatic N) is 1. The third-order valence-corrected chi connectivity index (χ3v) is 10.3.